The molecule has 0 spiro atoms. The first-order chi connectivity index (χ1) is 5.65. The maximum absolute atomic E-state index is 11.1. The number of rotatable bonds is 2. The molecule has 0 amide bonds. The largest absolute Gasteiger partial charge is 0.382 e. The molecule has 0 aromatic carbocycles. The van der Waals surface area contributed by atoms with Crippen molar-refractivity contribution in [2.45, 2.75) is 0 Å². The first-order valence-electron chi connectivity index (χ1n) is 3.15. The number of aromatic nitrogens is 1. The van der Waals surface area contributed by atoms with Crippen LogP contribution in [0.15, 0.2) is 12.3 Å². The van der Waals surface area contributed by atoms with Gasteiger partial charge in [-0.1, -0.05) is 27.5 Å². The molecule has 1 heterocycles. The number of pyridine rings is 1. The number of ketones is 1. The maximum Gasteiger partial charge on any atom is 0.174 e. The molecule has 3 nitrogen and oxygen atoms in total. The van der Waals surface area contributed by atoms with Crippen LogP contribution in [0.5, 0.6) is 0 Å². The molecule has 1 aromatic heterocycles. The Bertz CT molecular complexity index is 316. The molecule has 1 rings (SSSR count). The van der Waals surface area contributed by atoms with Gasteiger partial charge in [0.1, 0.15) is 5.82 Å². The van der Waals surface area contributed by atoms with Gasteiger partial charge in [0.05, 0.1) is 10.4 Å². The van der Waals surface area contributed by atoms with Crippen molar-refractivity contribution in [3.8, 4) is 0 Å². The van der Waals surface area contributed by atoms with Crippen molar-refractivity contribution in [1.82, 2.24) is 4.98 Å². The Balaban J connectivity index is 3.05. The second kappa shape index (κ2) is 3.87. The molecule has 0 aliphatic carbocycles. The highest BCUT2D eigenvalue weighted by atomic mass is 79.9. The normalized spacial score (nSPS) is 9.83. The van der Waals surface area contributed by atoms with Gasteiger partial charge in [0.2, 0.25) is 0 Å². The monoisotopic (exact) mass is 248 g/mol. The molecular formula is C7H6BrClN2O. The average molecular weight is 249 g/mol. The molecule has 0 aliphatic heterocycles. The number of nitrogen functional groups attached to an aromatic ring is 1. The lowest BCUT2D eigenvalue weighted by Crippen LogP contribution is -2.02. The Hall–Kier alpha value is -0.610. The fraction of sp³-hybridized carbons (Fsp3) is 0.143. The number of hydrogen-bond acceptors (Lipinski definition) is 3. The number of anilines is 1. The minimum atomic E-state index is -0.0654. The van der Waals surface area contributed by atoms with Gasteiger partial charge < -0.3 is 5.73 Å². The van der Waals surface area contributed by atoms with Crippen LogP contribution in [0.4, 0.5) is 5.82 Å². The van der Waals surface area contributed by atoms with Gasteiger partial charge in [-0.15, -0.1) is 0 Å². The molecular weight excluding hydrogens is 243 g/mol. The molecule has 0 aliphatic rings. The quantitative estimate of drug-likeness (QED) is 0.643. The second-order valence-corrected chi connectivity index (χ2v) is 3.12. The minimum absolute atomic E-state index is 0.0654. The van der Waals surface area contributed by atoms with Crippen LogP contribution >= 0.6 is 27.5 Å². The fourth-order valence-electron chi connectivity index (χ4n) is 0.678. The lowest BCUT2D eigenvalue weighted by atomic mass is 10.2. The zero-order valence-corrected chi connectivity index (χ0v) is 8.39. The van der Waals surface area contributed by atoms with Gasteiger partial charge in [-0.2, -0.15) is 0 Å². The van der Waals surface area contributed by atoms with Gasteiger partial charge >= 0.3 is 0 Å². The third-order valence-electron chi connectivity index (χ3n) is 1.31. The summed E-state index contributed by atoms with van der Waals surface area (Å²) >= 11 is 8.70. The van der Waals surface area contributed by atoms with E-state index < -0.39 is 0 Å². The van der Waals surface area contributed by atoms with E-state index in [0.29, 0.717) is 10.6 Å². The summed E-state index contributed by atoms with van der Waals surface area (Å²) in [5.74, 6) is 0.173. The number of carbonyl (C=O) groups excluding carboxylic acids is 1. The summed E-state index contributed by atoms with van der Waals surface area (Å²) in [6, 6.07) is 1.51. The van der Waals surface area contributed by atoms with Crippen LogP contribution in [-0.2, 0) is 0 Å². The predicted octanol–water partition coefficient (Wildman–Crippen LogP) is 1.89. The number of nitrogens with zero attached hydrogens (tertiary/aromatic N) is 1. The van der Waals surface area contributed by atoms with E-state index in [-0.39, 0.29) is 16.9 Å². The van der Waals surface area contributed by atoms with Crippen LogP contribution in [-0.4, -0.2) is 16.1 Å². The van der Waals surface area contributed by atoms with Gasteiger partial charge in [-0.3, -0.25) is 4.79 Å². The van der Waals surface area contributed by atoms with Crippen LogP contribution in [0, 0.1) is 0 Å². The van der Waals surface area contributed by atoms with Crippen molar-refractivity contribution in [1.29, 1.82) is 0 Å². The van der Waals surface area contributed by atoms with Crippen molar-refractivity contribution < 1.29 is 4.79 Å². The number of Topliss-reactive ketones (excluding diaryl/α,β-unsaturated/α-hetero) is 1. The highest BCUT2D eigenvalue weighted by Gasteiger charge is 2.06. The van der Waals surface area contributed by atoms with Crippen molar-refractivity contribution >= 4 is 39.1 Å². The number of alkyl halides is 1. The number of nitrogens with two attached hydrogens (primary N) is 1. The molecule has 12 heavy (non-hydrogen) atoms. The minimum Gasteiger partial charge on any atom is -0.382 e. The zero-order chi connectivity index (χ0) is 9.14. The Labute approximate surface area is 83.1 Å². The van der Waals surface area contributed by atoms with Gasteiger partial charge in [0.25, 0.3) is 0 Å². The molecule has 1 aromatic rings. The number of hydrogen-bond donors (Lipinski definition) is 1. The lowest BCUT2D eigenvalue weighted by molar-refractivity contribution is 0.102. The Morgan fingerprint density at radius 1 is 1.75 bits per heavy atom. The third-order valence-corrected chi connectivity index (χ3v) is 2.13. The molecule has 0 fully saturated rings. The highest BCUT2D eigenvalue weighted by molar-refractivity contribution is 9.09. The standard InChI is InChI=1S/C7H6BrClN2O/c8-2-6(12)4-1-5(9)7(10)11-3-4/h1,3H,2H2,(H2,10,11). The molecule has 0 atom stereocenters. The maximum atomic E-state index is 11.1. The lowest BCUT2D eigenvalue weighted by Gasteiger charge is -1.99. The van der Waals surface area contributed by atoms with Crippen molar-refractivity contribution in [2.75, 3.05) is 11.1 Å². The summed E-state index contributed by atoms with van der Waals surface area (Å²) in [5.41, 5.74) is 5.83. The molecule has 0 saturated heterocycles. The van der Waals surface area contributed by atoms with Crippen molar-refractivity contribution in [3.63, 3.8) is 0 Å². The van der Waals surface area contributed by atoms with E-state index in [9.17, 15) is 4.79 Å². The van der Waals surface area contributed by atoms with Gasteiger partial charge in [0.15, 0.2) is 5.78 Å². The summed E-state index contributed by atoms with van der Waals surface area (Å²) in [6.07, 6.45) is 1.41. The molecule has 2 N–H and O–H groups in total. The number of carbonyl (C=O) groups is 1. The summed E-state index contributed by atoms with van der Waals surface area (Å²) in [5, 5.41) is 0.566. The molecule has 0 bridgehead atoms. The van der Waals surface area contributed by atoms with E-state index in [1.165, 1.54) is 12.3 Å². The molecule has 64 valence electrons. The Morgan fingerprint density at radius 3 is 2.92 bits per heavy atom. The second-order valence-electron chi connectivity index (χ2n) is 2.15. The van der Waals surface area contributed by atoms with E-state index in [4.69, 9.17) is 17.3 Å². The van der Waals surface area contributed by atoms with Crippen LogP contribution in [0.25, 0.3) is 0 Å². The smallest absolute Gasteiger partial charge is 0.174 e. The first kappa shape index (κ1) is 9.48. The van der Waals surface area contributed by atoms with Crippen LogP contribution in [0.2, 0.25) is 5.02 Å². The fourth-order valence-corrected chi connectivity index (χ4v) is 1.17. The van der Waals surface area contributed by atoms with Crippen LogP contribution in [0.3, 0.4) is 0 Å². The van der Waals surface area contributed by atoms with Crippen LogP contribution < -0.4 is 5.73 Å². The van der Waals surface area contributed by atoms with E-state index in [2.05, 4.69) is 20.9 Å². The van der Waals surface area contributed by atoms with E-state index in [0.717, 1.165) is 0 Å². The predicted molar refractivity (Wildman–Crippen MR) is 51.8 cm³/mol. The Morgan fingerprint density at radius 2 is 2.42 bits per heavy atom. The average Bonchev–Trinajstić information content (AvgIpc) is 2.08. The number of halogens is 2. The van der Waals surface area contributed by atoms with E-state index in [1.807, 2.05) is 0 Å². The Kier molecular flexibility index (Phi) is 3.05. The first-order valence-corrected chi connectivity index (χ1v) is 4.65. The highest BCUT2D eigenvalue weighted by Crippen LogP contribution is 2.17. The molecule has 5 heteroatoms. The summed E-state index contributed by atoms with van der Waals surface area (Å²) in [4.78, 5) is 14.8. The molecule has 0 radical (unpaired) electrons. The molecule has 0 unspecified atom stereocenters. The van der Waals surface area contributed by atoms with Gasteiger partial charge in [-0.25, -0.2) is 4.98 Å². The molecule has 0 saturated carbocycles. The van der Waals surface area contributed by atoms with Crippen molar-refractivity contribution in [3.05, 3.63) is 22.8 Å². The van der Waals surface area contributed by atoms with Gasteiger partial charge in [0, 0.05) is 11.8 Å². The van der Waals surface area contributed by atoms with E-state index in [1.54, 1.807) is 0 Å². The SMILES string of the molecule is Nc1ncc(C(=O)CBr)cc1Cl. The van der Waals surface area contributed by atoms with Crippen molar-refractivity contribution in [2.24, 2.45) is 0 Å². The zero-order valence-electron chi connectivity index (χ0n) is 6.05. The third kappa shape index (κ3) is 1.95. The summed E-state index contributed by atoms with van der Waals surface area (Å²) in [6.45, 7) is 0. The summed E-state index contributed by atoms with van der Waals surface area (Å²) < 4.78 is 0. The van der Waals surface area contributed by atoms with E-state index >= 15 is 0 Å². The van der Waals surface area contributed by atoms with Crippen LogP contribution in [0.1, 0.15) is 10.4 Å². The summed E-state index contributed by atoms with van der Waals surface area (Å²) in [7, 11) is 0. The van der Waals surface area contributed by atoms with Gasteiger partial charge in [-0.05, 0) is 6.07 Å². The topological polar surface area (TPSA) is 56.0 Å².